The van der Waals surface area contributed by atoms with E-state index in [-0.39, 0.29) is 17.2 Å². The summed E-state index contributed by atoms with van der Waals surface area (Å²) in [6.45, 7) is 2.82. The Morgan fingerprint density at radius 2 is 1.64 bits per heavy atom. The van der Waals surface area contributed by atoms with E-state index in [2.05, 4.69) is 24.3 Å². The number of carbonyl (C=O) groups excluding carboxylic acids is 2. The summed E-state index contributed by atoms with van der Waals surface area (Å²) in [4.78, 5) is 31.4. The number of carbonyl (C=O) groups is 2. The topological polar surface area (TPSA) is 49.9 Å². The van der Waals surface area contributed by atoms with Crippen LogP contribution in [0.3, 0.4) is 0 Å². The highest BCUT2D eigenvalue weighted by Gasteiger charge is 2.54. The monoisotopic (exact) mass is 446 g/mol. The lowest BCUT2D eigenvalue weighted by Gasteiger charge is -2.34. The fourth-order valence-corrected chi connectivity index (χ4v) is 6.26. The molecule has 2 heterocycles. The van der Waals surface area contributed by atoms with Crippen molar-refractivity contribution in [3.8, 4) is 5.75 Å². The third-order valence-electron chi connectivity index (χ3n) is 8.26. The molecule has 1 aliphatic carbocycles. The van der Waals surface area contributed by atoms with Crippen molar-refractivity contribution >= 4 is 11.8 Å². The quantitative estimate of drug-likeness (QED) is 0.668. The van der Waals surface area contributed by atoms with Gasteiger partial charge in [-0.05, 0) is 55.4 Å². The Balaban J connectivity index is 1.28. The van der Waals surface area contributed by atoms with Crippen LogP contribution in [-0.2, 0) is 21.4 Å². The molecular weight excluding hydrogens is 412 g/mol. The molecule has 1 spiro atoms. The molecule has 1 atom stereocenters. The number of ether oxygens (including phenoxy) is 1. The zero-order valence-corrected chi connectivity index (χ0v) is 19.6. The molecule has 5 heteroatoms. The van der Waals surface area contributed by atoms with Gasteiger partial charge >= 0.3 is 0 Å². The summed E-state index contributed by atoms with van der Waals surface area (Å²) in [6.07, 6.45) is 6.45. The number of amides is 2. The van der Waals surface area contributed by atoms with Crippen molar-refractivity contribution in [3.63, 3.8) is 0 Å². The normalized spacial score (nSPS) is 24.1. The van der Waals surface area contributed by atoms with Crippen molar-refractivity contribution in [2.24, 2.45) is 5.41 Å². The molecule has 1 saturated carbocycles. The Morgan fingerprint density at radius 1 is 0.939 bits per heavy atom. The SMILES string of the molecule is COc1ccc(C2(C(=O)N3CCC4(CCN(CCc5ccccc5)C4=O)C3)CCCC2)cc1. The van der Waals surface area contributed by atoms with Gasteiger partial charge in [0, 0.05) is 26.2 Å². The highest BCUT2D eigenvalue weighted by atomic mass is 16.5. The second-order valence-corrected chi connectivity index (χ2v) is 10.1. The second-order valence-electron chi connectivity index (χ2n) is 10.1. The smallest absolute Gasteiger partial charge is 0.233 e. The van der Waals surface area contributed by atoms with Crippen LogP contribution in [0, 0.1) is 5.41 Å². The molecule has 0 bridgehead atoms. The summed E-state index contributed by atoms with van der Waals surface area (Å²) in [7, 11) is 1.66. The van der Waals surface area contributed by atoms with Gasteiger partial charge in [0.15, 0.2) is 0 Å². The highest BCUT2D eigenvalue weighted by Crippen LogP contribution is 2.47. The summed E-state index contributed by atoms with van der Waals surface area (Å²) in [5.74, 6) is 1.28. The van der Waals surface area contributed by atoms with E-state index in [1.54, 1.807) is 7.11 Å². The first kappa shape index (κ1) is 22.0. The van der Waals surface area contributed by atoms with Crippen molar-refractivity contribution in [3.05, 3.63) is 65.7 Å². The largest absolute Gasteiger partial charge is 0.497 e. The molecule has 2 amide bonds. The molecule has 33 heavy (non-hydrogen) atoms. The molecular formula is C28H34N2O3. The van der Waals surface area contributed by atoms with Gasteiger partial charge in [0.2, 0.25) is 11.8 Å². The van der Waals surface area contributed by atoms with Crippen LogP contribution in [0.15, 0.2) is 54.6 Å². The number of rotatable bonds is 6. The van der Waals surface area contributed by atoms with Gasteiger partial charge in [-0.15, -0.1) is 0 Å². The van der Waals surface area contributed by atoms with Gasteiger partial charge in [0.05, 0.1) is 17.9 Å². The van der Waals surface area contributed by atoms with E-state index in [0.29, 0.717) is 13.1 Å². The Labute approximate surface area is 196 Å². The number of benzene rings is 2. The van der Waals surface area contributed by atoms with E-state index in [0.717, 1.165) is 69.3 Å². The zero-order chi connectivity index (χ0) is 22.9. The molecule has 2 aromatic rings. The fraction of sp³-hybridized carbons (Fsp3) is 0.500. The minimum absolute atomic E-state index is 0.220. The average molecular weight is 447 g/mol. The van der Waals surface area contributed by atoms with E-state index >= 15 is 0 Å². The zero-order valence-electron chi connectivity index (χ0n) is 19.6. The van der Waals surface area contributed by atoms with Crippen molar-refractivity contribution in [2.75, 3.05) is 33.3 Å². The standard InChI is InChI=1S/C28H34N2O3/c1-33-24-11-9-23(10-12-24)28(14-5-6-15-28)26(32)30-20-17-27(21-30)16-19-29(25(27)31)18-13-22-7-3-2-4-8-22/h2-4,7-12H,5-6,13-21H2,1H3. The Bertz CT molecular complexity index is 998. The molecule has 3 fully saturated rings. The first-order chi connectivity index (χ1) is 16.1. The molecule has 1 unspecified atom stereocenters. The minimum atomic E-state index is -0.452. The molecule has 0 N–H and O–H groups in total. The predicted octanol–water partition coefficient (Wildman–Crippen LogP) is 4.20. The summed E-state index contributed by atoms with van der Waals surface area (Å²) in [5.41, 5.74) is 1.52. The molecule has 0 radical (unpaired) electrons. The maximum absolute atomic E-state index is 13.9. The minimum Gasteiger partial charge on any atom is -0.497 e. The third kappa shape index (κ3) is 3.92. The Morgan fingerprint density at radius 3 is 2.33 bits per heavy atom. The van der Waals surface area contributed by atoms with Crippen LogP contribution >= 0.6 is 0 Å². The second kappa shape index (κ2) is 8.85. The van der Waals surface area contributed by atoms with Gasteiger partial charge < -0.3 is 14.5 Å². The van der Waals surface area contributed by atoms with E-state index in [9.17, 15) is 9.59 Å². The van der Waals surface area contributed by atoms with Crippen molar-refractivity contribution < 1.29 is 14.3 Å². The molecule has 2 aromatic carbocycles. The summed E-state index contributed by atoms with van der Waals surface area (Å²) in [5, 5.41) is 0. The maximum Gasteiger partial charge on any atom is 0.233 e. The van der Waals surface area contributed by atoms with Crippen LogP contribution in [0.1, 0.15) is 49.7 Å². The molecule has 0 aromatic heterocycles. The molecule has 2 saturated heterocycles. The number of hydrogen-bond donors (Lipinski definition) is 0. The van der Waals surface area contributed by atoms with Crippen molar-refractivity contribution in [2.45, 2.75) is 50.4 Å². The lowest BCUT2D eigenvalue weighted by molar-refractivity contribution is -0.138. The van der Waals surface area contributed by atoms with Crippen LogP contribution in [0.5, 0.6) is 5.75 Å². The maximum atomic E-state index is 13.9. The number of likely N-dealkylation sites (tertiary alicyclic amines) is 2. The molecule has 174 valence electrons. The van der Waals surface area contributed by atoms with E-state index in [4.69, 9.17) is 4.74 Å². The van der Waals surface area contributed by atoms with Gasteiger partial charge in [0.1, 0.15) is 5.75 Å². The third-order valence-corrected chi connectivity index (χ3v) is 8.26. The predicted molar refractivity (Wildman–Crippen MR) is 128 cm³/mol. The van der Waals surface area contributed by atoms with Crippen LogP contribution in [-0.4, -0.2) is 54.9 Å². The van der Waals surface area contributed by atoms with Crippen LogP contribution in [0.25, 0.3) is 0 Å². The van der Waals surface area contributed by atoms with E-state index in [1.807, 2.05) is 40.1 Å². The van der Waals surface area contributed by atoms with Crippen LogP contribution in [0.4, 0.5) is 0 Å². The van der Waals surface area contributed by atoms with Crippen LogP contribution in [0.2, 0.25) is 0 Å². The van der Waals surface area contributed by atoms with E-state index < -0.39 is 5.41 Å². The Kier molecular flexibility index (Phi) is 5.90. The molecule has 5 nitrogen and oxygen atoms in total. The number of nitrogens with zero attached hydrogens (tertiary/aromatic N) is 2. The average Bonchev–Trinajstić information content (AvgIpc) is 3.60. The first-order valence-corrected chi connectivity index (χ1v) is 12.3. The van der Waals surface area contributed by atoms with Crippen LogP contribution < -0.4 is 4.74 Å². The van der Waals surface area contributed by atoms with Crippen molar-refractivity contribution in [1.82, 2.24) is 9.80 Å². The lowest BCUT2D eigenvalue weighted by atomic mass is 9.77. The summed E-state index contributed by atoms with van der Waals surface area (Å²) < 4.78 is 5.32. The number of hydrogen-bond acceptors (Lipinski definition) is 3. The summed E-state index contributed by atoms with van der Waals surface area (Å²) >= 11 is 0. The first-order valence-electron chi connectivity index (χ1n) is 12.3. The molecule has 3 aliphatic rings. The fourth-order valence-electron chi connectivity index (χ4n) is 6.26. The highest BCUT2D eigenvalue weighted by molar-refractivity contribution is 5.91. The number of methoxy groups -OCH3 is 1. The Hall–Kier alpha value is -2.82. The molecule has 5 rings (SSSR count). The van der Waals surface area contributed by atoms with Gasteiger partial charge in [-0.3, -0.25) is 9.59 Å². The lowest BCUT2D eigenvalue weighted by Crippen LogP contribution is -2.46. The van der Waals surface area contributed by atoms with Crippen molar-refractivity contribution in [1.29, 1.82) is 0 Å². The summed E-state index contributed by atoms with van der Waals surface area (Å²) in [6, 6.07) is 18.4. The van der Waals surface area contributed by atoms with E-state index in [1.165, 1.54) is 5.56 Å². The molecule has 2 aliphatic heterocycles. The van der Waals surface area contributed by atoms with Gasteiger partial charge in [-0.2, -0.15) is 0 Å². The van der Waals surface area contributed by atoms with Gasteiger partial charge in [-0.1, -0.05) is 55.3 Å². The van der Waals surface area contributed by atoms with Gasteiger partial charge in [0.25, 0.3) is 0 Å². The van der Waals surface area contributed by atoms with Gasteiger partial charge in [-0.25, -0.2) is 0 Å².